The average molecular weight is 357 g/mol. The number of amides is 1. The second-order valence-electron chi connectivity index (χ2n) is 5.65. The standard InChI is InChI=1S/C19H17F2N3O2/c1-12-15(23-17(25)11-26-2)7-4-8-16(12)24-10-9-22-19(24)13-5-3-6-14(20)18(13)21/h3-10H,11H2,1-2H3,(H,23,25). The van der Waals surface area contributed by atoms with Gasteiger partial charge in [0.25, 0.3) is 0 Å². The van der Waals surface area contributed by atoms with E-state index in [9.17, 15) is 13.6 Å². The molecule has 0 spiro atoms. The molecule has 0 aliphatic heterocycles. The molecule has 26 heavy (non-hydrogen) atoms. The number of hydrogen-bond acceptors (Lipinski definition) is 3. The van der Waals surface area contributed by atoms with Gasteiger partial charge in [-0.15, -0.1) is 0 Å². The number of aromatic nitrogens is 2. The molecule has 0 fully saturated rings. The van der Waals surface area contributed by atoms with Crippen molar-refractivity contribution in [1.29, 1.82) is 0 Å². The molecule has 5 nitrogen and oxygen atoms in total. The number of benzene rings is 2. The summed E-state index contributed by atoms with van der Waals surface area (Å²) in [6, 6.07) is 9.28. The van der Waals surface area contributed by atoms with Gasteiger partial charge in [0.1, 0.15) is 12.4 Å². The molecule has 3 rings (SSSR count). The molecule has 0 saturated carbocycles. The third-order valence-corrected chi connectivity index (χ3v) is 3.95. The van der Waals surface area contributed by atoms with Crippen molar-refractivity contribution in [3.8, 4) is 17.1 Å². The van der Waals surface area contributed by atoms with E-state index in [-0.39, 0.29) is 23.9 Å². The van der Waals surface area contributed by atoms with Crippen molar-refractivity contribution in [1.82, 2.24) is 9.55 Å². The van der Waals surface area contributed by atoms with E-state index in [1.807, 2.05) is 13.0 Å². The van der Waals surface area contributed by atoms with Crippen LogP contribution in [0.1, 0.15) is 5.56 Å². The third-order valence-electron chi connectivity index (χ3n) is 3.95. The normalized spacial score (nSPS) is 10.8. The first-order chi connectivity index (χ1) is 12.5. The summed E-state index contributed by atoms with van der Waals surface area (Å²) in [5.74, 6) is -1.91. The average Bonchev–Trinajstić information content (AvgIpc) is 3.08. The molecule has 3 aromatic rings. The van der Waals surface area contributed by atoms with E-state index in [2.05, 4.69) is 10.3 Å². The van der Waals surface area contributed by atoms with Crippen LogP contribution in [-0.4, -0.2) is 29.2 Å². The van der Waals surface area contributed by atoms with Gasteiger partial charge in [-0.1, -0.05) is 12.1 Å². The summed E-state index contributed by atoms with van der Waals surface area (Å²) in [7, 11) is 1.44. The van der Waals surface area contributed by atoms with Crippen LogP contribution in [-0.2, 0) is 9.53 Å². The Morgan fingerprint density at radius 2 is 2.00 bits per heavy atom. The summed E-state index contributed by atoms with van der Waals surface area (Å²) in [6.45, 7) is 1.76. The van der Waals surface area contributed by atoms with Gasteiger partial charge in [0.15, 0.2) is 11.6 Å². The Hall–Kier alpha value is -3.06. The first-order valence-electron chi connectivity index (χ1n) is 7.89. The van der Waals surface area contributed by atoms with Crippen molar-refractivity contribution >= 4 is 11.6 Å². The first-order valence-corrected chi connectivity index (χ1v) is 7.89. The fourth-order valence-electron chi connectivity index (χ4n) is 2.71. The Bertz CT molecular complexity index is 954. The number of rotatable bonds is 5. The molecule has 0 bridgehead atoms. The fraction of sp³-hybridized carbons (Fsp3) is 0.158. The Labute approximate surface area is 149 Å². The summed E-state index contributed by atoms with van der Waals surface area (Å²) in [5.41, 5.74) is 2.11. The first kappa shape index (κ1) is 17.8. The van der Waals surface area contributed by atoms with Crippen LogP contribution < -0.4 is 5.32 Å². The van der Waals surface area contributed by atoms with Crippen molar-refractivity contribution in [2.45, 2.75) is 6.92 Å². The van der Waals surface area contributed by atoms with Crippen LogP contribution >= 0.6 is 0 Å². The molecule has 2 aromatic carbocycles. The van der Waals surface area contributed by atoms with E-state index >= 15 is 0 Å². The minimum Gasteiger partial charge on any atom is -0.375 e. The van der Waals surface area contributed by atoms with Crippen molar-refractivity contribution in [2.24, 2.45) is 0 Å². The van der Waals surface area contributed by atoms with Gasteiger partial charge in [0, 0.05) is 25.2 Å². The van der Waals surface area contributed by atoms with Crippen molar-refractivity contribution in [3.63, 3.8) is 0 Å². The second kappa shape index (κ2) is 7.45. The van der Waals surface area contributed by atoms with E-state index in [1.165, 1.54) is 25.4 Å². The Morgan fingerprint density at radius 3 is 2.77 bits per heavy atom. The molecule has 0 atom stereocenters. The molecule has 1 N–H and O–H groups in total. The van der Waals surface area contributed by atoms with E-state index < -0.39 is 11.6 Å². The molecule has 134 valence electrons. The van der Waals surface area contributed by atoms with Crippen LogP contribution in [0.2, 0.25) is 0 Å². The van der Waals surface area contributed by atoms with Crippen molar-refractivity contribution in [3.05, 3.63) is 66.0 Å². The van der Waals surface area contributed by atoms with Gasteiger partial charge in [0.05, 0.1) is 11.3 Å². The molecule has 1 aromatic heterocycles. The lowest BCUT2D eigenvalue weighted by molar-refractivity contribution is -0.119. The van der Waals surface area contributed by atoms with Gasteiger partial charge in [-0.3, -0.25) is 9.36 Å². The maximum absolute atomic E-state index is 14.2. The lowest BCUT2D eigenvalue weighted by Crippen LogP contribution is -2.18. The zero-order chi connectivity index (χ0) is 18.7. The highest BCUT2D eigenvalue weighted by atomic mass is 19.2. The minimum atomic E-state index is -0.956. The summed E-state index contributed by atoms with van der Waals surface area (Å²) >= 11 is 0. The Balaban J connectivity index is 2.05. The van der Waals surface area contributed by atoms with E-state index in [4.69, 9.17) is 4.74 Å². The van der Waals surface area contributed by atoms with Gasteiger partial charge >= 0.3 is 0 Å². The molecule has 7 heteroatoms. The maximum Gasteiger partial charge on any atom is 0.250 e. The summed E-state index contributed by atoms with van der Waals surface area (Å²) in [4.78, 5) is 16.0. The summed E-state index contributed by atoms with van der Waals surface area (Å²) in [5, 5.41) is 2.76. The number of carbonyl (C=O) groups excluding carboxylic acids is 1. The van der Waals surface area contributed by atoms with Crippen LogP contribution in [0.3, 0.4) is 0 Å². The van der Waals surface area contributed by atoms with Crippen LogP contribution in [0, 0.1) is 18.6 Å². The van der Waals surface area contributed by atoms with E-state index in [1.54, 1.807) is 22.9 Å². The topological polar surface area (TPSA) is 56.1 Å². The third kappa shape index (κ3) is 3.34. The van der Waals surface area contributed by atoms with E-state index in [0.29, 0.717) is 11.4 Å². The Kier molecular flexibility index (Phi) is 5.09. The van der Waals surface area contributed by atoms with Crippen molar-refractivity contribution < 1.29 is 18.3 Å². The zero-order valence-corrected chi connectivity index (χ0v) is 14.3. The van der Waals surface area contributed by atoms with Gasteiger partial charge < -0.3 is 10.1 Å². The predicted molar refractivity (Wildman–Crippen MR) is 94.2 cm³/mol. The SMILES string of the molecule is COCC(=O)Nc1cccc(-n2ccnc2-c2cccc(F)c2F)c1C. The molecule has 0 aliphatic carbocycles. The number of halogens is 2. The number of anilines is 1. The number of ether oxygens (including phenoxy) is 1. The number of methoxy groups -OCH3 is 1. The highest BCUT2D eigenvalue weighted by molar-refractivity contribution is 5.93. The number of nitrogens with zero attached hydrogens (tertiary/aromatic N) is 2. The smallest absolute Gasteiger partial charge is 0.250 e. The van der Waals surface area contributed by atoms with Gasteiger partial charge in [-0.2, -0.15) is 0 Å². The van der Waals surface area contributed by atoms with Crippen molar-refractivity contribution in [2.75, 3.05) is 19.0 Å². The largest absolute Gasteiger partial charge is 0.375 e. The maximum atomic E-state index is 14.2. The predicted octanol–water partition coefficient (Wildman–Crippen LogP) is 3.71. The monoisotopic (exact) mass is 357 g/mol. The van der Waals surface area contributed by atoms with Crippen LogP contribution in [0.5, 0.6) is 0 Å². The van der Waals surface area contributed by atoms with E-state index in [0.717, 1.165) is 11.6 Å². The van der Waals surface area contributed by atoms with Crippen LogP contribution in [0.15, 0.2) is 48.8 Å². The quantitative estimate of drug-likeness (QED) is 0.757. The molecule has 0 saturated heterocycles. The number of nitrogens with one attached hydrogen (secondary N) is 1. The summed E-state index contributed by atoms with van der Waals surface area (Å²) < 4.78 is 34.3. The van der Waals surface area contributed by atoms with Gasteiger partial charge in [-0.05, 0) is 36.8 Å². The van der Waals surface area contributed by atoms with Gasteiger partial charge in [-0.25, -0.2) is 13.8 Å². The second-order valence-corrected chi connectivity index (χ2v) is 5.65. The number of carbonyl (C=O) groups is 1. The molecule has 1 amide bonds. The molecule has 0 aliphatic rings. The number of imidazole rings is 1. The van der Waals surface area contributed by atoms with Crippen LogP contribution in [0.4, 0.5) is 14.5 Å². The van der Waals surface area contributed by atoms with Crippen LogP contribution in [0.25, 0.3) is 17.1 Å². The molecular weight excluding hydrogens is 340 g/mol. The number of hydrogen-bond donors (Lipinski definition) is 1. The molecular formula is C19H17F2N3O2. The molecule has 1 heterocycles. The lowest BCUT2D eigenvalue weighted by atomic mass is 10.1. The Morgan fingerprint density at radius 1 is 1.23 bits per heavy atom. The minimum absolute atomic E-state index is 0.0585. The molecule has 0 radical (unpaired) electrons. The highest BCUT2D eigenvalue weighted by Crippen LogP contribution is 2.29. The zero-order valence-electron chi connectivity index (χ0n) is 14.3. The van der Waals surface area contributed by atoms with Gasteiger partial charge in [0.2, 0.25) is 5.91 Å². The molecule has 0 unspecified atom stereocenters. The fourth-order valence-corrected chi connectivity index (χ4v) is 2.71. The lowest BCUT2D eigenvalue weighted by Gasteiger charge is -2.15. The summed E-state index contributed by atoms with van der Waals surface area (Å²) in [6.07, 6.45) is 3.16. The highest BCUT2D eigenvalue weighted by Gasteiger charge is 2.17.